The molecule has 0 saturated heterocycles. The summed E-state index contributed by atoms with van der Waals surface area (Å²) in [6, 6.07) is 50.6. The van der Waals surface area contributed by atoms with E-state index in [2.05, 4.69) is 157 Å². The average Bonchev–Trinajstić information content (AvgIpc) is 3.31. The Bertz CT molecular complexity index is 1590. The van der Waals surface area contributed by atoms with Gasteiger partial charge < -0.3 is 4.90 Å². The van der Waals surface area contributed by atoms with Crippen LogP contribution in [0.5, 0.6) is 0 Å². The van der Waals surface area contributed by atoms with Crippen molar-refractivity contribution in [3.05, 3.63) is 180 Å². The summed E-state index contributed by atoms with van der Waals surface area (Å²) in [5.41, 5.74) is 11.4. The molecule has 2 aliphatic rings. The summed E-state index contributed by atoms with van der Waals surface area (Å²) in [6.07, 6.45) is 6.93. The summed E-state index contributed by atoms with van der Waals surface area (Å²) in [4.78, 5) is 2.33. The number of allylic oxidation sites excluding steroid dienone is 4. The van der Waals surface area contributed by atoms with E-state index >= 15 is 0 Å². The van der Waals surface area contributed by atoms with E-state index in [0.29, 0.717) is 0 Å². The van der Waals surface area contributed by atoms with E-state index < -0.39 is 0 Å². The highest BCUT2D eigenvalue weighted by molar-refractivity contribution is 5.88. The number of anilines is 3. The maximum Gasteiger partial charge on any atom is 0.0710 e. The van der Waals surface area contributed by atoms with Gasteiger partial charge >= 0.3 is 0 Å². The molecule has 0 heterocycles. The highest BCUT2D eigenvalue weighted by Gasteiger charge is 2.46. The largest absolute Gasteiger partial charge is 0.311 e. The lowest BCUT2D eigenvalue weighted by Crippen LogP contribution is -2.29. The summed E-state index contributed by atoms with van der Waals surface area (Å²) >= 11 is 0. The summed E-state index contributed by atoms with van der Waals surface area (Å²) in [5, 5.41) is 0. The van der Waals surface area contributed by atoms with Crippen LogP contribution in [0, 0.1) is 0 Å². The van der Waals surface area contributed by atoms with Gasteiger partial charge in [0.15, 0.2) is 0 Å². The summed E-state index contributed by atoms with van der Waals surface area (Å²) in [6.45, 7) is 0. The van der Waals surface area contributed by atoms with Crippen LogP contribution < -0.4 is 4.90 Å². The lowest BCUT2D eigenvalue weighted by molar-refractivity contribution is 0.756. The molecule has 1 heteroatoms. The second-order valence-electron chi connectivity index (χ2n) is 10.0. The number of hydrogen-bond acceptors (Lipinski definition) is 1. The fraction of sp³-hybridized carbons (Fsp3) is 0.0811. The third-order valence-electron chi connectivity index (χ3n) is 8.02. The second kappa shape index (κ2) is 9.36. The highest BCUT2D eigenvalue weighted by Crippen LogP contribution is 2.57. The van der Waals surface area contributed by atoms with Crippen LogP contribution in [-0.2, 0) is 5.41 Å². The van der Waals surface area contributed by atoms with Gasteiger partial charge in [0.1, 0.15) is 0 Å². The topological polar surface area (TPSA) is 3.24 Å². The van der Waals surface area contributed by atoms with E-state index in [1.54, 1.807) is 0 Å². The van der Waals surface area contributed by atoms with Crippen LogP contribution in [0.3, 0.4) is 0 Å². The molecule has 5 aromatic rings. The molecular weight excluding hydrogens is 458 g/mol. The van der Waals surface area contributed by atoms with E-state index in [-0.39, 0.29) is 5.41 Å². The molecule has 0 bridgehead atoms. The molecule has 182 valence electrons. The molecule has 38 heavy (non-hydrogen) atoms. The Kier molecular flexibility index (Phi) is 5.56. The summed E-state index contributed by atoms with van der Waals surface area (Å²) in [7, 11) is 0. The number of para-hydroxylation sites is 2. The molecular formula is C37H29N. The first-order chi connectivity index (χ1) is 18.9. The Balaban J connectivity index is 1.43. The van der Waals surface area contributed by atoms with Crippen molar-refractivity contribution in [3.8, 4) is 0 Å². The van der Waals surface area contributed by atoms with Gasteiger partial charge in [-0.3, -0.25) is 0 Å². The van der Waals surface area contributed by atoms with Crippen molar-refractivity contribution in [1.29, 1.82) is 0 Å². The molecule has 5 aromatic carbocycles. The predicted molar refractivity (Wildman–Crippen MR) is 159 cm³/mol. The van der Waals surface area contributed by atoms with Crippen LogP contribution in [0.1, 0.15) is 35.1 Å². The highest BCUT2D eigenvalue weighted by atomic mass is 15.1. The molecule has 0 saturated carbocycles. The third-order valence-corrected chi connectivity index (χ3v) is 8.02. The molecule has 0 N–H and O–H groups in total. The van der Waals surface area contributed by atoms with Crippen molar-refractivity contribution >= 4 is 22.6 Å². The third kappa shape index (κ3) is 3.47. The quantitative estimate of drug-likeness (QED) is 0.238. The molecule has 1 unspecified atom stereocenters. The molecule has 0 aromatic heterocycles. The second-order valence-corrected chi connectivity index (χ2v) is 10.0. The minimum absolute atomic E-state index is 0.326. The van der Waals surface area contributed by atoms with Gasteiger partial charge in [0.2, 0.25) is 0 Å². The number of hydrogen-bond donors (Lipinski definition) is 0. The van der Waals surface area contributed by atoms with Crippen LogP contribution in [0.25, 0.3) is 5.57 Å². The van der Waals surface area contributed by atoms with Crippen molar-refractivity contribution in [2.45, 2.75) is 18.3 Å². The number of benzene rings is 5. The smallest absolute Gasteiger partial charge is 0.0710 e. The normalized spacial score (nSPS) is 17.7. The molecule has 1 nitrogen and oxygen atoms in total. The molecule has 0 radical (unpaired) electrons. The predicted octanol–water partition coefficient (Wildman–Crippen LogP) is 9.61. The minimum atomic E-state index is -0.326. The van der Waals surface area contributed by atoms with Crippen LogP contribution in [0.4, 0.5) is 17.1 Å². The average molecular weight is 488 g/mol. The van der Waals surface area contributed by atoms with E-state index in [1.807, 2.05) is 0 Å². The van der Waals surface area contributed by atoms with Crippen molar-refractivity contribution < 1.29 is 0 Å². The first-order valence-electron chi connectivity index (χ1n) is 13.4. The summed E-state index contributed by atoms with van der Waals surface area (Å²) in [5.74, 6) is 0. The zero-order chi connectivity index (χ0) is 25.4. The van der Waals surface area contributed by atoms with Crippen LogP contribution in [0.15, 0.2) is 157 Å². The Morgan fingerprint density at radius 1 is 0.500 bits per heavy atom. The first-order valence-corrected chi connectivity index (χ1v) is 13.4. The van der Waals surface area contributed by atoms with Gasteiger partial charge in [0.25, 0.3) is 0 Å². The van der Waals surface area contributed by atoms with Gasteiger partial charge in [-0.15, -0.1) is 0 Å². The Morgan fingerprint density at radius 3 is 1.68 bits per heavy atom. The first kappa shape index (κ1) is 22.6. The van der Waals surface area contributed by atoms with E-state index in [1.165, 1.54) is 33.4 Å². The number of nitrogens with zero attached hydrogens (tertiary/aromatic N) is 1. The molecule has 0 fully saturated rings. The standard InChI is InChI=1S/C37H29N/c1-4-14-28(15-5-1)37(35-22-12-10-20-33(35)34-21-11-13-23-36(34)37)29-24-26-32(27-25-29)38(30-16-6-2-7-17-30)31-18-8-3-9-19-31/h1-10,12-20,22-27H,11,21H2. The fourth-order valence-corrected chi connectivity index (χ4v) is 6.45. The van der Waals surface area contributed by atoms with Crippen LogP contribution in [-0.4, -0.2) is 0 Å². The molecule has 0 aliphatic heterocycles. The SMILES string of the molecule is C1=CC2=C(CC1)c1ccccc1C2(c1ccccc1)c1ccc(N(c2ccccc2)c2ccccc2)cc1. The Hall–Kier alpha value is -4.62. The lowest BCUT2D eigenvalue weighted by atomic mass is 9.66. The Morgan fingerprint density at radius 2 is 1.03 bits per heavy atom. The monoisotopic (exact) mass is 487 g/mol. The number of fused-ring (bicyclic) bond motifs is 2. The van der Waals surface area contributed by atoms with Crippen LogP contribution in [0.2, 0.25) is 0 Å². The molecule has 7 rings (SSSR count). The van der Waals surface area contributed by atoms with Gasteiger partial charge in [-0.05, 0) is 82.6 Å². The van der Waals surface area contributed by atoms with Crippen molar-refractivity contribution in [1.82, 2.24) is 0 Å². The summed E-state index contributed by atoms with van der Waals surface area (Å²) < 4.78 is 0. The minimum Gasteiger partial charge on any atom is -0.311 e. The lowest BCUT2D eigenvalue weighted by Gasteiger charge is -2.36. The van der Waals surface area contributed by atoms with Gasteiger partial charge in [0.05, 0.1) is 5.41 Å². The molecule has 0 amide bonds. The molecule has 1 atom stereocenters. The Labute approximate surface area is 225 Å². The van der Waals surface area contributed by atoms with Crippen molar-refractivity contribution in [3.63, 3.8) is 0 Å². The van der Waals surface area contributed by atoms with Gasteiger partial charge in [-0.1, -0.05) is 115 Å². The zero-order valence-corrected chi connectivity index (χ0v) is 21.3. The van der Waals surface area contributed by atoms with Gasteiger partial charge in [0, 0.05) is 17.1 Å². The van der Waals surface area contributed by atoms with Crippen LogP contribution >= 0.6 is 0 Å². The fourth-order valence-electron chi connectivity index (χ4n) is 6.45. The maximum atomic E-state index is 2.39. The van der Waals surface area contributed by atoms with E-state index in [0.717, 1.165) is 29.9 Å². The van der Waals surface area contributed by atoms with Gasteiger partial charge in [-0.2, -0.15) is 0 Å². The number of rotatable bonds is 5. The van der Waals surface area contributed by atoms with Crippen molar-refractivity contribution in [2.75, 3.05) is 4.90 Å². The van der Waals surface area contributed by atoms with E-state index in [4.69, 9.17) is 0 Å². The molecule has 0 spiro atoms. The molecule has 2 aliphatic carbocycles. The van der Waals surface area contributed by atoms with Crippen molar-refractivity contribution in [2.24, 2.45) is 0 Å². The zero-order valence-electron chi connectivity index (χ0n) is 21.3. The van der Waals surface area contributed by atoms with E-state index in [9.17, 15) is 0 Å². The maximum absolute atomic E-state index is 2.39. The van der Waals surface area contributed by atoms with Gasteiger partial charge in [-0.25, -0.2) is 0 Å².